The molecule has 1 heterocycles. The molecule has 0 bridgehead atoms. The molecule has 0 aromatic heterocycles. The molecule has 2 aromatic carbocycles. The van der Waals surface area contributed by atoms with Crippen LogP contribution in [-0.4, -0.2) is 35.0 Å². The van der Waals surface area contributed by atoms with E-state index >= 15 is 4.39 Å². The molecule has 0 saturated heterocycles. The Morgan fingerprint density at radius 2 is 1.84 bits per heavy atom. The smallest absolute Gasteiger partial charge is 0.423 e. The summed E-state index contributed by atoms with van der Waals surface area (Å²) in [7, 11) is -1.41. The molecule has 2 N–H and O–H groups in total. The first-order valence-corrected chi connectivity index (χ1v) is 10.8. The van der Waals surface area contributed by atoms with Crippen LogP contribution in [-0.2, 0) is 11.3 Å². The summed E-state index contributed by atoms with van der Waals surface area (Å²) in [6.07, 6.45) is 0.583. The lowest BCUT2D eigenvalue weighted by Gasteiger charge is -2.39. The first-order valence-electron chi connectivity index (χ1n) is 10.8. The van der Waals surface area contributed by atoms with Crippen molar-refractivity contribution in [1.29, 1.82) is 0 Å². The molecule has 170 valence electrons. The van der Waals surface area contributed by atoms with Gasteiger partial charge in [-0.05, 0) is 49.4 Å². The topological polar surface area (TPSA) is 78.9 Å². The maximum Gasteiger partial charge on any atom is 0.494 e. The molecule has 6 nitrogen and oxygen atoms in total. The maximum atomic E-state index is 15.1. The van der Waals surface area contributed by atoms with Gasteiger partial charge in [0.25, 0.3) is 11.8 Å². The second kappa shape index (κ2) is 9.04. The molecule has 1 atom stereocenters. The molecule has 2 amide bonds. The number of hydrogen-bond acceptors (Lipinski definition) is 4. The third-order valence-corrected chi connectivity index (χ3v) is 5.77. The van der Waals surface area contributed by atoms with Crippen LogP contribution >= 0.6 is 0 Å². The van der Waals surface area contributed by atoms with E-state index in [0.717, 1.165) is 11.1 Å². The van der Waals surface area contributed by atoms with E-state index in [1.165, 1.54) is 11.1 Å². The van der Waals surface area contributed by atoms with Gasteiger partial charge in [0.15, 0.2) is 0 Å². The maximum absolute atomic E-state index is 15.1. The minimum absolute atomic E-state index is 0.0345. The molecule has 32 heavy (non-hydrogen) atoms. The lowest BCUT2D eigenvalue weighted by atomic mass is 9.78. The normalized spacial score (nSPS) is 14.2. The summed E-state index contributed by atoms with van der Waals surface area (Å²) in [4.78, 5) is 26.7. The van der Waals surface area contributed by atoms with Gasteiger partial charge in [-0.25, -0.2) is 9.40 Å². The molecule has 0 saturated carbocycles. The van der Waals surface area contributed by atoms with E-state index in [2.05, 4.69) is 5.43 Å². The van der Waals surface area contributed by atoms with Crippen molar-refractivity contribution in [3.63, 3.8) is 0 Å². The number of aryl methyl sites for hydroxylation is 2. The van der Waals surface area contributed by atoms with E-state index in [1.807, 2.05) is 47.6 Å². The highest BCUT2D eigenvalue weighted by Gasteiger charge is 2.37. The SMILES string of the molecule is CCC(N(NC(=O)c1ccc2c(c1F)B(O)OC2)C(=O)c1cc(C)cc(C)c1)C(C)(C)C. The van der Waals surface area contributed by atoms with Crippen molar-refractivity contribution in [3.8, 4) is 0 Å². The lowest BCUT2D eigenvalue weighted by molar-refractivity contribution is 0.0283. The monoisotopic (exact) mass is 440 g/mol. The Balaban J connectivity index is 2.00. The first kappa shape index (κ1) is 23.9. The molecule has 1 aliphatic heterocycles. The van der Waals surface area contributed by atoms with Crippen molar-refractivity contribution in [3.05, 3.63) is 64.0 Å². The van der Waals surface area contributed by atoms with E-state index in [4.69, 9.17) is 4.65 Å². The Hall–Kier alpha value is -2.71. The highest BCUT2D eigenvalue weighted by atomic mass is 19.1. The van der Waals surface area contributed by atoms with E-state index in [9.17, 15) is 14.6 Å². The summed E-state index contributed by atoms with van der Waals surface area (Å²) in [6, 6.07) is 8.07. The Morgan fingerprint density at radius 1 is 1.22 bits per heavy atom. The zero-order valence-corrected chi connectivity index (χ0v) is 19.5. The van der Waals surface area contributed by atoms with Gasteiger partial charge in [-0.2, -0.15) is 0 Å². The van der Waals surface area contributed by atoms with Gasteiger partial charge in [-0.3, -0.25) is 15.0 Å². The molecule has 3 rings (SSSR count). The van der Waals surface area contributed by atoms with Gasteiger partial charge >= 0.3 is 7.12 Å². The molecule has 1 unspecified atom stereocenters. The summed E-state index contributed by atoms with van der Waals surface area (Å²) >= 11 is 0. The zero-order valence-electron chi connectivity index (χ0n) is 19.5. The van der Waals surface area contributed by atoms with Crippen molar-refractivity contribution >= 4 is 24.4 Å². The van der Waals surface area contributed by atoms with Crippen LogP contribution in [0.2, 0.25) is 0 Å². The summed E-state index contributed by atoms with van der Waals surface area (Å²) in [5.41, 5.74) is 4.83. The van der Waals surface area contributed by atoms with Gasteiger partial charge in [0, 0.05) is 11.0 Å². The van der Waals surface area contributed by atoms with Crippen molar-refractivity contribution in [1.82, 2.24) is 10.4 Å². The van der Waals surface area contributed by atoms with Gasteiger partial charge in [0.2, 0.25) is 0 Å². The Labute approximate surface area is 188 Å². The van der Waals surface area contributed by atoms with Crippen LogP contribution in [0.1, 0.15) is 71.5 Å². The van der Waals surface area contributed by atoms with E-state index in [-0.39, 0.29) is 35.0 Å². The van der Waals surface area contributed by atoms with E-state index in [1.54, 1.807) is 18.2 Å². The number of halogens is 1. The number of nitrogens with one attached hydrogen (secondary N) is 1. The van der Waals surface area contributed by atoms with Crippen molar-refractivity contribution in [2.24, 2.45) is 5.41 Å². The minimum atomic E-state index is -1.41. The summed E-state index contributed by atoms with van der Waals surface area (Å²) < 4.78 is 20.1. The second-order valence-corrected chi connectivity index (χ2v) is 9.45. The summed E-state index contributed by atoms with van der Waals surface area (Å²) in [6.45, 7) is 11.8. The average molecular weight is 440 g/mol. The highest BCUT2D eigenvalue weighted by Crippen LogP contribution is 2.28. The fraction of sp³-hybridized carbons (Fsp3) is 0.417. The Morgan fingerprint density at radius 3 is 2.41 bits per heavy atom. The van der Waals surface area contributed by atoms with E-state index in [0.29, 0.717) is 17.5 Å². The summed E-state index contributed by atoms with van der Waals surface area (Å²) in [5.74, 6) is -1.96. The lowest BCUT2D eigenvalue weighted by Crippen LogP contribution is -2.56. The Kier molecular flexibility index (Phi) is 6.76. The number of nitrogens with zero attached hydrogens (tertiary/aromatic N) is 1. The largest absolute Gasteiger partial charge is 0.494 e. The van der Waals surface area contributed by atoms with Crippen LogP contribution in [0.4, 0.5) is 4.39 Å². The first-order chi connectivity index (χ1) is 14.9. The van der Waals surface area contributed by atoms with Crippen LogP contribution in [0, 0.1) is 25.1 Å². The number of fused-ring (bicyclic) bond motifs is 1. The molecule has 0 aliphatic carbocycles. The van der Waals surface area contributed by atoms with Crippen LogP contribution in [0.25, 0.3) is 0 Å². The van der Waals surface area contributed by atoms with Crippen molar-refractivity contribution in [2.45, 2.75) is 60.6 Å². The number of benzene rings is 2. The Bertz CT molecular complexity index is 1030. The molecule has 1 aliphatic rings. The fourth-order valence-corrected chi connectivity index (χ4v) is 4.31. The van der Waals surface area contributed by atoms with Crippen LogP contribution in [0.15, 0.2) is 30.3 Å². The number of amides is 2. The molecular weight excluding hydrogens is 410 g/mol. The number of hydrazine groups is 1. The summed E-state index contributed by atoms with van der Waals surface area (Å²) in [5, 5.41) is 11.2. The van der Waals surface area contributed by atoms with Crippen LogP contribution < -0.4 is 10.9 Å². The average Bonchev–Trinajstić information content (AvgIpc) is 3.07. The molecular formula is C24H30BFN2O4. The predicted octanol–water partition coefficient (Wildman–Crippen LogP) is 3.27. The fourth-order valence-electron chi connectivity index (χ4n) is 4.31. The van der Waals surface area contributed by atoms with E-state index < -0.39 is 18.8 Å². The minimum Gasteiger partial charge on any atom is -0.423 e. The third-order valence-electron chi connectivity index (χ3n) is 5.77. The zero-order chi connectivity index (χ0) is 23.8. The van der Waals surface area contributed by atoms with Gasteiger partial charge in [-0.15, -0.1) is 0 Å². The molecule has 8 heteroatoms. The van der Waals surface area contributed by atoms with Gasteiger partial charge < -0.3 is 9.68 Å². The standard InChI is InChI=1S/C24H30BFN2O4/c1-7-19(24(4,5)6)28(23(30)17-11-14(2)10-15(3)12-17)27-22(29)18-9-8-16-13-32-25(31)20(16)21(18)26/h8-12,19,31H,7,13H2,1-6H3,(H,27,29). The number of rotatable bonds is 4. The predicted molar refractivity (Wildman–Crippen MR) is 122 cm³/mol. The molecule has 0 fully saturated rings. The van der Waals surface area contributed by atoms with Crippen molar-refractivity contribution < 1.29 is 23.7 Å². The van der Waals surface area contributed by atoms with Gasteiger partial charge in [0.05, 0.1) is 18.2 Å². The quantitative estimate of drug-likeness (QED) is 0.565. The van der Waals surface area contributed by atoms with Crippen molar-refractivity contribution in [2.75, 3.05) is 0 Å². The molecule has 0 spiro atoms. The van der Waals surface area contributed by atoms with Gasteiger partial charge in [0.1, 0.15) is 5.82 Å². The number of carbonyl (C=O) groups is 2. The number of carbonyl (C=O) groups excluding carboxylic acids is 2. The molecule has 0 radical (unpaired) electrons. The molecule has 2 aromatic rings. The van der Waals surface area contributed by atoms with Crippen LogP contribution in [0.5, 0.6) is 0 Å². The highest BCUT2D eigenvalue weighted by molar-refractivity contribution is 6.61. The van der Waals surface area contributed by atoms with Crippen LogP contribution in [0.3, 0.4) is 0 Å². The number of hydrogen-bond donors (Lipinski definition) is 2. The third kappa shape index (κ3) is 4.71. The second-order valence-electron chi connectivity index (χ2n) is 9.45. The van der Waals surface area contributed by atoms with Gasteiger partial charge in [-0.1, -0.05) is 51.0 Å².